The van der Waals surface area contributed by atoms with Crippen LogP contribution in [0.1, 0.15) is 5.56 Å². The van der Waals surface area contributed by atoms with Gasteiger partial charge in [-0.25, -0.2) is 0 Å². The third-order valence-corrected chi connectivity index (χ3v) is 2.92. The maximum atomic E-state index is 9.13. The molecule has 0 unspecified atom stereocenters. The Morgan fingerprint density at radius 3 is 2.05 bits per heavy atom. The second-order valence-electron chi connectivity index (χ2n) is 4.39. The number of nitrogens with two attached hydrogens (primary N) is 1. The summed E-state index contributed by atoms with van der Waals surface area (Å²) >= 11 is 0. The highest BCUT2D eigenvalue weighted by molar-refractivity contribution is 5.83. The lowest BCUT2D eigenvalue weighted by Crippen LogP contribution is -1.85. The van der Waals surface area contributed by atoms with Gasteiger partial charge in [0.1, 0.15) is 5.75 Å². The molecule has 3 aromatic rings. The van der Waals surface area contributed by atoms with E-state index in [0.717, 1.165) is 22.0 Å². The first-order valence-corrected chi connectivity index (χ1v) is 6.16. The zero-order chi connectivity index (χ0) is 13.7. The molecule has 0 bridgehead atoms. The van der Waals surface area contributed by atoms with Crippen LogP contribution in [0, 0.1) is 6.92 Å². The molecule has 0 fully saturated rings. The van der Waals surface area contributed by atoms with Crippen molar-refractivity contribution in [1.82, 2.24) is 0 Å². The number of hydrogen-bond acceptors (Lipinski definition) is 2. The van der Waals surface area contributed by atoms with Crippen molar-refractivity contribution in [3.8, 4) is 5.75 Å². The number of benzene rings is 3. The summed E-state index contributed by atoms with van der Waals surface area (Å²) in [5, 5.41) is 11.4. The summed E-state index contributed by atoms with van der Waals surface area (Å²) in [5.41, 5.74) is 7.53. The number of anilines is 1. The number of aryl methyl sites for hydroxylation is 1. The minimum absolute atomic E-state index is 0.323. The molecule has 3 rings (SSSR count). The molecule has 0 saturated carbocycles. The predicted octanol–water partition coefficient (Wildman–Crippen LogP) is 4.12. The van der Waals surface area contributed by atoms with Gasteiger partial charge >= 0.3 is 0 Å². The highest BCUT2D eigenvalue weighted by Gasteiger charge is 1.91. The van der Waals surface area contributed by atoms with E-state index in [-0.39, 0.29) is 0 Å². The van der Waals surface area contributed by atoms with Crippen molar-refractivity contribution in [2.45, 2.75) is 6.92 Å². The highest BCUT2D eigenvalue weighted by Crippen LogP contribution is 2.18. The molecule has 0 amide bonds. The molecule has 0 aliphatic carbocycles. The van der Waals surface area contributed by atoms with Gasteiger partial charge in [0, 0.05) is 5.69 Å². The number of phenolic OH excluding ortho intramolecular Hbond substituents is 1. The van der Waals surface area contributed by atoms with E-state index in [1.165, 1.54) is 0 Å². The van der Waals surface area contributed by atoms with Crippen molar-refractivity contribution in [3.05, 3.63) is 72.3 Å². The van der Waals surface area contributed by atoms with Crippen LogP contribution in [0.2, 0.25) is 0 Å². The van der Waals surface area contributed by atoms with Crippen LogP contribution in [-0.2, 0) is 0 Å². The third kappa shape index (κ3) is 3.49. The Hall–Kier alpha value is -2.48. The van der Waals surface area contributed by atoms with Crippen LogP contribution in [0.5, 0.6) is 5.75 Å². The van der Waals surface area contributed by atoms with Gasteiger partial charge < -0.3 is 10.8 Å². The highest BCUT2D eigenvalue weighted by atomic mass is 16.3. The van der Waals surface area contributed by atoms with Crippen molar-refractivity contribution in [1.29, 1.82) is 0 Å². The van der Waals surface area contributed by atoms with Crippen LogP contribution < -0.4 is 5.73 Å². The van der Waals surface area contributed by atoms with E-state index in [2.05, 4.69) is 0 Å². The summed E-state index contributed by atoms with van der Waals surface area (Å²) in [4.78, 5) is 0. The van der Waals surface area contributed by atoms with E-state index in [1.54, 1.807) is 12.1 Å². The number of para-hydroxylation sites is 1. The van der Waals surface area contributed by atoms with Gasteiger partial charge in [0.25, 0.3) is 0 Å². The Bertz CT molecular complexity index is 656. The van der Waals surface area contributed by atoms with E-state index < -0.39 is 0 Å². The molecular weight excluding hydrogens is 234 g/mol. The zero-order valence-corrected chi connectivity index (χ0v) is 10.9. The minimum atomic E-state index is 0.323. The summed E-state index contributed by atoms with van der Waals surface area (Å²) in [6, 6.07) is 21.1. The SMILES string of the molecule is Cc1ccccc1N.Oc1ccc2ccccc2c1. The van der Waals surface area contributed by atoms with Crippen molar-refractivity contribution in [2.24, 2.45) is 0 Å². The molecule has 0 aromatic heterocycles. The van der Waals surface area contributed by atoms with Crippen LogP contribution in [-0.4, -0.2) is 5.11 Å². The van der Waals surface area contributed by atoms with E-state index >= 15 is 0 Å². The molecule has 2 nitrogen and oxygen atoms in total. The monoisotopic (exact) mass is 251 g/mol. The van der Waals surface area contributed by atoms with Crippen LogP contribution in [0.25, 0.3) is 10.8 Å². The standard InChI is InChI=1S/C10H8O.C7H9N/c11-10-6-5-8-3-1-2-4-9(8)7-10;1-6-4-2-3-5-7(6)8/h1-7,11H;2-5H,8H2,1H3. The predicted molar refractivity (Wildman–Crippen MR) is 81.2 cm³/mol. The van der Waals surface area contributed by atoms with Crippen molar-refractivity contribution >= 4 is 16.5 Å². The fourth-order valence-electron chi connectivity index (χ4n) is 1.76. The van der Waals surface area contributed by atoms with Crippen LogP contribution in [0.15, 0.2) is 66.7 Å². The zero-order valence-electron chi connectivity index (χ0n) is 10.9. The van der Waals surface area contributed by atoms with Crippen molar-refractivity contribution in [3.63, 3.8) is 0 Å². The minimum Gasteiger partial charge on any atom is -0.508 e. The summed E-state index contributed by atoms with van der Waals surface area (Å²) in [5.74, 6) is 0.323. The Balaban J connectivity index is 0.000000148. The quantitative estimate of drug-likeness (QED) is 0.590. The third-order valence-electron chi connectivity index (χ3n) is 2.92. The molecular formula is C17H17NO. The Labute approximate surface area is 113 Å². The number of fused-ring (bicyclic) bond motifs is 1. The van der Waals surface area contributed by atoms with E-state index in [4.69, 9.17) is 10.8 Å². The molecule has 0 heterocycles. The first-order chi connectivity index (χ1) is 9.16. The average molecular weight is 251 g/mol. The largest absolute Gasteiger partial charge is 0.508 e. The lowest BCUT2D eigenvalue weighted by Gasteiger charge is -1.96. The fraction of sp³-hybridized carbons (Fsp3) is 0.0588. The topological polar surface area (TPSA) is 46.2 Å². The van der Waals surface area contributed by atoms with Gasteiger partial charge in [-0.2, -0.15) is 0 Å². The lowest BCUT2D eigenvalue weighted by molar-refractivity contribution is 0.476. The molecule has 0 atom stereocenters. The fourth-order valence-corrected chi connectivity index (χ4v) is 1.76. The molecule has 3 aromatic carbocycles. The van der Waals surface area contributed by atoms with E-state index in [9.17, 15) is 0 Å². The Kier molecular flexibility index (Phi) is 4.04. The number of phenols is 1. The van der Waals surface area contributed by atoms with Gasteiger partial charge in [-0.15, -0.1) is 0 Å². The van der Waals surface area contributed by atoms with Gasteiger partial charge in [-0.3, -0.25) is 0 Å². The molecule has 0 spiro atoms. The summed E-state index contributed by atoms with van der Waals surface area (Å²) in [6.07, 6.45) is 0. The molecule has 0 saturated heterocycles. The maximum Gasteiger partial charge on any atom is 0.116 e. The summed E-state index contributed by atoms with van der Waals surface area (Å²) < 4.78 is 0. The van der Waals surface area contributed by atoms with Gasteiger partial charge in [0.15, 0.2) is 0 Å². The van der Waals surface area contributed by atoms with Gasteiger partial charge in [0.05, 0.1) is 0 Å². The number of aromatic hydroxyl groups is 1. The van der Waals surface area contributed by atoms with Crippen molar-refractivity contribution in [2.75, 3.05) is 5.73 Å². The van der Waals surface area contributed by atoms with Crippen LogP contribution >= 0.6 is 0 Å². The Morgan fingerprint density at radius 1 is 0.789 bits per heavy atom. The summed E-state index contributed by atoms with van der Waals surface area (Å²) in [6.45, 7) is 2.00. The molecule has 3 N–H and O–H groups in total. The Morgan fingerprint density at radius 2 is 1.42 bits per heavy atom. The van der Waals surface area contributed by atoms with E-state index in [1.807, 2.05) is 61.5 Å². The smallest absolute Gasteiger partial charge is 0.116 e. The second-order valence-corrected chi connectivity index (χ2v) is 4.39. The number of nitrogen functional groups attached to an aromatic ring is 1. The summed E-state index contributed by atoms with van der Waals surface area (Å²) in [7, 11) is 0. The normalized spacial score (nSPS) is 9.74. The first kappa shape index (κ1) is 13.0. The molecule has 96 valence electrons. The average Bonchev–Trinajstić information content (AvgIpc) is 2.43. The first-order valence-electron chi connectivity index (χ1n) is 6.16. The van der Waals surface area contributed by atoms with E-state index in [0.29, 0.717) is 5.75 Å². The maximum absolute atomic E-state index is 9.13. The number of hydrogen-bond donors (Lipinski definition) is 2. The molecule has 19 heavy (non-hydrogen) atoms. The van der Waals surface area contributed by atoms with Crippen LogP contribution in [0.4, 0.5) is 5.69 Å². The van der Waals surface area contributed by atoms with Crippen molar-refractivity contribution < 1.29 is 5.11 Å². The lowest BCUT2D eigenvalue weighted by atomic mass is 10.1. The molecule has 0 aliphatic rings. The van der Waals surface area contributed by atoms with Gasteiger partial charge in [-0.1, -0.05) is 48.5 Å². The molecule has 2 heteroatoms. The molecule has 0 radical (unpaired) electrons. The molecule has 0 aliphatic heterocycles. The number of rotatable bonds is 0. The van der Waals surface area contributed by atoms with Gasteiger partial charge in [-0.05, 0) is 41.5 Å². The van der Waals surface area contributed by atoms with Gasteiger partial charge in [0.2, 0.25) is 0 Å². The second kappa shape index (κ2) is 5.91. The van der Waals surface area contributed by atoms with Crippen LogP contribution in [0.3, 0.4) is 0 Å².